The lowest BCUT2D eigenvalue weighted by molar-refractivity contribution is 0.102. The average molecular weight is 467 g/mol. The largest absolute Gasteiger partial charge is 0.490 e. The molecule has 0 aliphatic carbocycles. The number of aryl methyl sites for hydroxylation is 1. The lowest BCUT2D eigenvalue weighted by atomic mass is 10.1. The average Bonchev–Trinajstić information content (AvgIpc) is 2.85. The van der Waals surface area contributed by atoms with Gasteiger partial charge in [0.05, 0.1) is 23.2 Å². The van der Waals surface area contributed by atoms with Gasteiger partial charge in [-0.05, 0) is 62.4 Å². The van der Waals surface area contributed by atoms with Gasteiger partial charge in [-0.3, -0.25) is 14.2 Å². The maximum atomic E-state index is 13.0. The number of hydrogen-bond donors (Lipinski definition) is 1. The smallest absolute Gasteiger partial charge is 0.349 e. The Bertz CT molecular complexity index is 1700. The molecule has 0 radical (unpaired) electrons. The molecule has 0 saturated heterocycles. The van der Waals surface area contributed by atoms with E-state index in [-0.39, 0.29) is 11.1 Å². The van der Waals surface area contributed by atoms with E-state index in [9.17, 15) is 14.4 Å². The minimum atomic E-state index is -0.761. The molecule has 0 aliphatic heterocycles. The number of rotatable bonds is 5. The number of nitrogens with one attached hydrogen (secondary N) is 1. The third-order valence-electron chi connectivity index (χ3n) is 5.60. The Morgan fingerprint density at radius 2 is 1.80 bits per heavy atom. The number of anilines is 1. The van der Waals surface area contributed by atoms with Gasteiger partial charge in [-0.15, -0.1) is 0 Å². The van der Waals surface area contributed by atoms with Crippen LogP contribution in [0.5, 0.6) is 5.75 Å². The van der Waals surface area contributed by atoms with E-state index in [0.717, 1.165) is 0 Å². The summed E-state index contributed by atoms with van der Waals surface area (Å²) in [5, 5.41) is 3.81. The highest BCUT2D eigenvalue weighted by Gasteiger charge is 2.16. The van der Waals surface area contributed by atoms with E-state index >= 15 is 0 Å². The summed E-state index contributed by atoms with van der Waals surface area (Å²) in [6.45, 7) is 4.01. The molecule has 0 fully saturated rings. The number of ether oxygens (including phenoxy) is 1. The Balaban J connectivity index is 1.44. The number of hydrogen-bond acceptors (Lipinski definition) is 6. The van der Waals surface area contributed by atoms with Gasteiger partial charge in [0.2, 0.25) is 0 Å². The van der Waals surface area contributed by atoms with Gasteiger partial charge in [0.25, 0.3) is 11.5 Å². The zero-order valence-corrected chi connectivity index (χ0v) is 19.1. The molecule has 0 bridgehead atoms. The molecule has 0 unspecified atom stereocenters. The molecule has 3 aromatic carbocycles. The molecule has 5 rings (SSSR count). The predicted molar refractivity (Wildman–Crippen MR) is 134 cm³/mol. The fourth-order valence-corrected chi connectivity index (χ4v) is 3.99. The first-order chi connectivity index (χ1) is 17.0. The lowest BCUT2D eigenvalue weighted by Crippen LogP contribution is -2.22. The van der Waals surface area contributed by atoms with Crippen molar-refractivity contribution in [1.29, 1.82) is 0 Å². The Morgan fingerprint density at radius 3 is 2.57 bits per heavy atom. The number of amides is 1. The third-order valence-corrected chi connectivity index (χ3v) is 5.60. The van der Waals surface area contributed by atoms with Crippen LogP contribution in [0.1, 0.15) is 23.1 Å². The van der Waals surface area contributed by atoms with Gasteiger partial charge < -0.3 is 14.5 Å². The van der Waals surface area contributed by atoms with Gasteiger partial charge in [0.15, 0.2) is 11.3 Å². The van der Waals surface area contributed by atoms with Crippen LogP contribution in [-0.4, -0.2) is 22.1 Å². The van der Waals surface area contributed by atoms with Crippen LogP contribution in [0, 0.1) is 6.92 Å². The van der Waals surface area contributed by atoms with Crippen LogP contribution in [-0.2, 0) is 0 Å². The number of carbonyl (C=O) groups excluding carboxylic acids is 1. The van der Waals surface area contributed by atoms with Crippen molar-refractivity contribution in [3.63, 3.8) is 0 Å². The summed E-state index contributed by atoms with van der Waals surface area (Å²) in [5.74, 6) is 0.389. The second-order valence-electron chi connectivity index (χ2n) is 7.87. The number of nitrogens with zero attached hydrogens (tertiary/aromatic N) is 2. The van der Waals surface area contributed by atoms with Crippen molar-refractivity contribution in [2.75, 3.05) is 11.9 Å². The first-order valence-corrected chi connectivity index (χ1v) is 11.1. The molecule has 2 aromatic heterocycles. The molecule has 0 aliphatic rings. The number of fused-ring (bicyclic) bond motifs is 2. The summed E-state index contributed by atoms with van der Waals surface area (Å²) in [4.78, 5) is 42.9. The number of para-hydroxylation sites is 2. The Labute approximate surface area is 199 Å². The highest BCUT2D eigenvalue weighted by molar-refractivity contribution is 6.05. The first kappa shape index (κ1) is 22.1. The van der Waals surface area contributed by atoms with E-state index in [1.807, 2.05) is 13.0 Å². The van der Waals surface area contributed by atoms with Crippen molar-refractivity contribution in [2.45, 2.75) is 13.8 Å². The maximum Gasteiger partial charge on any atom is 0.349 e. The molecule has 8 nitrogen and oxygen atoms in total. The molecule has 2 heterocycles. The number of aromatic nitrogens is 2. The van der Waals surface area contributed by atoms with E-state index < -0.39 is 11.5 Å². The number of carbonyl (C=O) groups is 1. The van der Waals surface area contributed by atoms with Crippen molar-refractivity contribution in [2.24, 2.45) is 0 Å². The Kier molecular flexibility index (Phi) is 5.62. The molecule has 5 aromatic rings. The predicted octanol–water partition coefficient (Wildman–Crippen LogP) is 4.45. The van der Waals surface area contributed by atoms with Gasteiger partial charge in [-0.2, -0.15) is 0 Å². The molecule has 1 amide bonds. The minimum Gasteiger partial charge on any atom is -0.490 e. The molecule has 0 atom stereocenters. The highest BCUT2D eigenvalue weighted by Crippen LogP contribution is 2.25. The molecule has 0 saturated carbocycles. The van der Waals surface area contributed by atoms with E-state index in [0.29, 0.717) is 51.4 Å². The van der Waals surface area contributed by atoms with Crippen LogP contribution in [0.15, 0.2) is 86.8 Å². The van der Waals surface area contributed by atoms with Crippen LogP contribution in [0.25, 0.3) is 27.6 Å². The third kappa shape index (κ3) is 4.06. The second kappa shape index (κ2) is 8.90. The second-order valence-corrected chi connectivity index (χ2v) is 7.87. The molecular formula is C27H21N3O5. The summed E-state index contributed by atoms with van der Waals surface area (Å²) in [5.41, 5.74) is 0.940. The van der Waals surface area contributed by atoms with Gasteiger partial charge in [0, 0.05) is 11.1 Å². The summed E-state index contributed by atoms with van der Waals surface area (Å²) in [6, 6.07) is 20.6. The van der Waals surface area contributed by atoms with E-state index in [2.05, 4.69) is 10.3 Å². The summed E-state index contributed by atoms with van der Waals surface area (Å²) in [6.07, 6.45) is 0. The van der Waals surface area contributed by atoms with E-state index in [1.54, 1.807) is 67.6 Å². The van der Waals surface area contributed by atoms with Crippen molar-refractivity contribution >= 4 is 33.5 Å². The molecular weight excluding hydrogens is 446 g/mol. The van der Waals surface area contributed by atoms with Crippen LogP contribution < -0.4 is 21.2 Å². The summed E-state index contributed by atoms with van der Waals surface area (Å²) >= 11 is 0. The van der Waals surface area contributed by atoms with Crippen molar-refractivity contribution in [3.8, 4) is 11.4 Å². The highest BCUT2D eigenvalue weighted by atomic mass is 16.5. The Hall–Kier alpha value is -4.72. The van der Waals surface area contributed by atoms with Gasteiger partial charge in [0.1, 0.15) is 11.4 Å². The van der Waals surface area contributed by atoms with Crippen molar-refractivity contribution in [3.05, 3.63) is 105 Å². The van der Waals surface area contributed by atoms with Crippen molar-refractivity contribution in [1.82, 2.24) is 9.55 Å². The van der Waals surface area contributed by atoms with Crippen LogP contribution in [0.2, 0.25) is 0 Å². The fraction of sp³-hybridized carbons (Fsp3) is 0.111. The monoisotopic (exact) mass is 467 g/mol. The maximum absolute atomic E-state index is 13.0. The zero-order chi connectivity index (χ0) is 24.5. The standard InChI is InChI=1S/C27H21N3O5/c1-3-34-23-10-6-7-17-15-21(27(33)35-24(17)23)25(31)29-18-11-13-19(14-12-18)30-16(2)28-22-9-5-4-8-20(22)26(30)32/h4-15H,3H2,1-2H3,(H,29,31). The van der Waals surface area contributed by atoms with Gasteiger partial charge in [-0.1, -0.05) is 24.3 Å². The van der Waals surface area contributed by atoms with Crippen LogP contribution >= 0.6 is 0 Å². The Morgan fingerprint density at radius 1 is 1.03 bits per heavy atom. The molecule has 8 heteroatoms. The lowest BCUT2D eigenvalue weighted by Gasteiger charge is -2.12. The molecule has 174 valence electrons. The zero-order valence-electron chi connectivity index (χ0n) is 19.1. The number of benzene rings is 3. The van der Waals surface area contributed by atoms with E-state index in [4.69, 9.17) is 9.15 Å². The topological polar surface area (TPSA) is 103 Å². The quantitative estimate of drug-likeness (QED) is 0.383. The molecule has 1 N–H and O–H groups in total. The first-order valence-electron chi connectivity index (χ1n) is 11.1. The normalized spacial score (nSPS) is 11.0. The SMILES string of the molecule is CCOc1cccc2cc(C(=O)Nc3ccc(-n4c(C)nc5ccccc5c4=O)cc3)c(=O)oc12. The van der Waals surface area contributed by atoms with E-state index in [1.165, 1.54) is 10.6 Å². The van der Waals surface area contributed by atoms with Gasteiger partial charge in [-0.25, -0.2) is 9.78 Å². The summed E-state index contributed by atoms with van der Waals surface area (Å²) in [7, 11) is 0. The molecule has 35 heavy (non-hydrogen) atoms. The van der Waals surface area contributed by atoms with Crippen molar-refractivity contribution < 1.29 is 13.9 Å². The van der Waals surface area contributed by atoms with Gasteiger partial charge >= 0.3 is 5.63 Å². The molecule has 0 spiro atoms. The minimum absolute atomic E-state index is 0.124. The summed E-state index contributed by atoms with van der Waals surface area (Å²) < 4.78 is 12.4. The van der Waals surface area contributed by atoms with Crippen LogP contribution in [0.4, 0.5) is 5.69 Å². The fourth-order valence-electron chi connectivity index (χ4n) is 3.99. The van der Waals surface area contributed by atoms with Crippen LogP contribution in [0.3, 0.4) is 0 Å².